The minimum atomic E-state index is 0.649. The van der Waals surface area contributed by atoms with Gasteiger partial charge in [-0.25, -0.2) is 0 Å². The second-order valence-corrected chi connectivity index (χ2v) is 5.84. The third kappa shape index (κ3) is 2.45. The van der Waals surface area contributed by atoms with Crippen molar-refractivity contribution in [3.05, 3.63) is 52.8 Å². The molecule has 3 aromatic rings. The summed E-state index contributed by atoms with van der Waals surface area (Å²) in [4.78, 5) is 4.07. The van der Waals surface area contributed by atoms with Crippen molar-refractivity contribution in [1.29, 1.82) is 0 Å². The summed E-state index contributed by atoms with van der Waals surface area (Å²) in [5.74, 6) is 0.649. The molecule has 0 aliphatic carbocycles. The first kappa shape index (κ1) is 13.8. The first-order chi connectivity index (χ1) is 10.1. The Morgan fingerprint density at radius 1 is 1.14 bits per heavy atom. The van der Waals surface area contributed by atoms with Gasteiger partial charge in [0, 0.05) is 29.5 Å². The van der Waals surface area contributed by atoms with E-state index >= 15 is 0 Å². The van der Waals surface area contributed by atoms with Gasteiger partial charge < -0.3 is 5.73 Å². The monoisotopic (exact) mass is 342 g/mol. The van der Waals surface area contributed by atoms with Gasteiger partial charge in [0.1, 0.15) is 11.5 Å². The summed E-state index contributed by atoms with van der Waals surface area (Å²) in [5.41, 5.74) is 11.3. The van der Waals surface area contributed by atoms with Crippen LogP contribution in [0.15, 0.2) is 47.2 Å². The molecule has 0 fully saturated rings. The van der Waals surface area contributed by atoms with Gasteiger partial charge in [0.25, 0.3) is 0 Å². The minimum absolute atomic E-state index is 0.649. The van der Waals surface area contributed by atoms with Gasteiger partial charge >= 0.3 is 0 Å². The minimum Gasteiger partial charge on any atom is -0.383 e. The van der Waals surface area contributed by atoms with E-state index in [4.69, 9.17) is 5.73 Å². The standard InChI is InChI=1S/C16H15BrN4/c1-10-3-4-12(17)9-13(10)15-14(16(18)21(2)20-15)11-5-7-19-8-6-11/h3-9H,18H2,1-2H3. The van der Waals surface area contributed by atoms with E-state index < -0.39 is 0 Å². The van der Waals surface area contributed by atoms with Crippen LogP contribution in [0.5, 0.6) is 0 Å². The van der Waals surface area contributed by atoms with Crippen LogP contribution in [-0.4, -0.2) is 14.8 Å². The first-order valence-corrected chi connectivity index (χ1v) is 7.36. The molecule has 0 unspecified atom stereocenters. The Morgan fingerprint density at radius 3 is 2.57 bits per heavy atom. The number of hydrogen-bond donors (Lipinski definition) is 1. The molecule has 5 heteroatoms. The van der Waals surface area contributed by atoms with Gasteiger partial charge in [0.2, 0.25) is 0 Å². The van der Waals surface area contributed by atoms with Crippen molar-refractivity contribution in [2.45, 2.75) is 6.92 Å². The van der Waals surface area contributed by atoms with Gasteiger partial charge in [0.15, 0.2) is 0 Å². The Morgan fingerprint density at radius 2 is 1.86 bits per heavy atom. The van der Waals surface area contributed by atoms with Crippen LogP contribution in [-0.2, 0) is 7.05 Å². The molecule has 2 aromatic heterocycles. The topological polar surface area (TPSA) is 56.7 Å². The molecular weight excluding hydrogens is 328 g/mol. The molecule has 0 aliphatic heterocycles. The van der Waals surface area contributed by atoms with Gasteiger partial charge in [0.05, 0.1) is 5.56 Å². The molecular formula is C16H15BrN4. The van der Waals surface area contributed by atoms with Crippen LogP contribution in [0.4, 0.5) is 5.82 Å². The molecule has 0 spiro atoms. The molecule has 0 saturated heterocycles. The van der Waals surface area contributed by atoms with E-state index in [1.807, 2.05) is 25.2 Å². The lowest BCUT2D eigenvalue weighted by Crippen LogP contribution is -1.97. The normalized spacial score (nSPS) is 10.8. The maximum absolute atomic E-state index is 6.23. The van der Waals surface area contributed by atoms with Gasteiger partial charge in [-0.2, -0.15) is 5.10 Å². The summed E-state index contributed by atoms with van der Waals surface area (Å²) in [6.07, 6.45) is 3.53. The van der Waals surface area contributed by atoms with Crippen LogP contribution < -0.4 is 5.73 Å². The highest BCUT2D eigenvalue weighted by atomic mass is 79.9. The number of anilines is 1. The van der Waals surface area contributed by atoms with Crippen molar-refractivity contribution in [3.8, 4) is 22.4 Å². The number of halogens is 1. The quantitative estimate of drug-likeness (QED) is 0.770. The van der Waals surface area contributed by atoms with Gasteiger partial charge in [-0.3, -0.25) is 9.67 Å². The fourth-order valence-corrected chi connectivity index (χ4v) is 2.74. The highest BCUT2D eigenvalue weighted by Gasteiger charge is 2.18. The Balaban J connectivity index is 2.29. The highest BCUT2D eigenvalue weighted by Crippen LogP contribution is 2.37. The van der Waals surface area contributed by atoms with Crippen molar-refractivity contribution in [2.24, 2.45) is 7.05 Å². The molecule has 3 rings (SSSR count). The largest absolute Gasteiger partial charge is 0.383 e. The number of rotatable bonds is 2. The van der Waals surface area contributed by atoms with Crippen LogP contribution in [0, 0.1) is 6.92 Å². The fraction of sp³-hybridized carbons (Fsp3) is 0.125. The molecule has 0 radical (unpaired) electrons. The number of aromatic nitrogens is 3. The van der Waals surface area contributed by atoms with E-state index in [1.165, 1.54) is 0 Å². The first-order valence-electron chi connectivity index (χ1n) is 6.57. The van der Waals surface area contributed by atoms with Crippen LogP contribution in [0.1, 0.15) is 5.56 Å². The lowest BCUT2D eigenvalue weighted by Gasteiger charge is -2.07. The smallest absolute Gasteiger partial charge is 0.129 e. The molecule has 0 atom stereocenters. The zero-order valence-corrected chi connectivity index (χ0v) is 13.4. The Labute approximate surface area is 131 Å². The number of aryl methyl sites for hydroxylation is 2. The average Bonchev–Trinajstić information content (AvgIpc) is 2.78. The van der Waals surface area contributed by atoms with Crippen molar-refractivity contribution in [2.75, 3.05) is 5.73 Å². The predicted octanol–water partition coefficient (Wildman–Crippen LogP) is 3.80. The molecule has 106 valence electrons. The number of nitrogen functional groups attached to an aromatic ring is 1. The molecule has 1 aromatic carbocycles. The van der Waals surface area contributed by atoms with E-state index in [1.54, 1.807) is 17.1 Å². The summed E-state index contributed by atoms with van der Waals surface area (Å²) < 4.78 is 2.74. The Bertz CT molecular complexity index is 794. The van der Waals surface area contributed by atoms with E-state index in [0.717, 1.165) is 32.4 Å². The van der Waals surface area contributed by atoms with Gasteiger partial charge in [-0.15, -0.1) is 0 Å². The lowest BCUT2D eigenvalue weighted by molar-refractivity contribution is 0.782. The highest BCUT2D eigenvalue weighted by molar-refractivity contribution is 9.10. The van der Waals surface area contributed by atoms with E-state index in [9.17, 15) is 0 Å². The summed E-state index contributed by atoms with van der Waals surface area (Å²) in [7, 11) is 1.86. The Hall–Kier alpha value is -2.14. The number of nitrogens with two attached hydrogens (primary N) is 1. The van der Waals surface area contributed by atoms with Crippen molar-refractivity contribution in [3.63, 3.8) is 0 Å². The number of nitrogens with zero attached hydrogens (tertiary/aromatic N) is 3. The number of pyridine rings is 1. The second-order valence-electron chi connectivity index (χ2n) is 4.93. The Kier molecular flexibility index (Phi) is 3.51. The predicted molar refractivity (Wildman–Crippen MR) is 88.7 cm³/mol. The third-order valence-electron chi connectivity index (χ3n) is 3.52. The van der Waals surface area contributed by atoms with Crippen LogP contribution in [0.25, 0.3) is 22.4 Å². The molecule has 4 nitrogen and oxygen atoms in total. The number of hydrogen-bond acceptors (Lipinski definition) is 3. The second kappa shape index (κ2) is 5.33. The summed E-state index contributed by atoms with van der Waals surface area (Å²) in [5, 5.41) is 4.61. The molecule has 2 N–H and O–H groups in total. The maximum atomic E-state index is 6.23. The van der Waals surface area contributed by atoms with Crippen LogP contribution >= 0.6 is 15.9 Å². The molecule has 0 bridgehead atoms. The van der Waals surface area contributed by atoms with Crippen molar-refractivity contribution in [1.82, 2.24) is 14.8 Å². The van der Waals surface area contributed by atoms with E-state index in [0.29, 0.717) is 5.82 Å². The van der Waals surface area contributed by atoms with Gasteiger partial charge in [-0.1, -0.05) is 22.0 Å². The molecule has 2 heterocycles. The molecule has 0 amide bonds. The van der Waals surface area contributed by atoms with Crippen molar-refractivity contribution >= 4 is 21.7 Å². The summed E-state index contributed by atoms with van der Waals surface area (Å²) >= 11 is 3.52. The SMILES string of the molecule is Cc1ccc(Br)cc1-c1nn(C)c(N)c1-c1ccncc1. The summed E-state index contributed by atoms with van der Waals surface area (Å²) in [6.45, 7) is 2.07. The third-order valence-corrected chi connectivity index (χ3v) is 4.01. The summed E-state index contributed by atoms with van der Waals surface area (Å²) in [6, 6.07) is 10.1. The van der Waals surface area contributed by atoms with Crippen molar-refractivity contribution < 1.29 is 0 Å². The van der Waals surface area contributed by atoms with E-state index in [2.05, 4.69) is 45.1 Å². The molecule has 0 saturated carbocycles. The zero-order chi connectivity index (χ0) is 15.0. The fourth-order valence-electron chi connectivity index (χ4n) is 2.38. The zero-order valence-electron chi connectivity index (χ0n) is 11.8. The number of benzene rings is 1. The molecule has 21 heavy (non-hydrogen) atoms. The molecule has 0 aliphatic rings. The van der Waals surface area contributed by atoms with Crippen LogP contribution in [0.3, 0.4) is 0 Å². The van der Waals surface area contributed by atoms with Crippen LogP contribution in [0.2, 0.25) is 0 Å². The van der Waals surface area contributed by atoms with E-state index in [-0.39, 0.29) is 0 Å². The van der Waals surface area contributed by atoms with Gasteiger partial charge in [-0.05, 0) is 42.3 Å². The average molecular weight is 343 g/mol. The lowest BCUT2D eigenvalue weighted by atomic mass is 9.98. The maximum Gasteiger partial charge on any atom is 0.129 e.